The van der Waals surface area contributed by atoms with E-state index in [0.29, 0.717) is 12.3 Å². The van der Waals surface area contributed by atoms with Crippen molar-refractivity contribution >= 4 is 0 Å². The first-order valence-electron chi connectivity index (χ1n) is 14.9. The van der Waals surface area contributed by atoms with Crippen molar-refractivity contribution < 1.29 is 69.6 Å². The van der Waals surface area contributed by atoms with Crippen LogP contribution in [-0.4, -0.2) is 151 Å². The SMILES string of the molecule is OC[C@@H]1O[C@H](OC2CC3OC(C4CCC(O)CC4)CCC3C(O[C@H]3O[C@@H](CO)[C@H](O)[C@H](O)[C@@H]3O)C2)[C@@H](O)[C@@H](O)[C@H]1O. The van der Waals surface area contributed by atoms with Gasteiger partial charge in [0.2, 0.25) is 0 Å². The molecule has 3 saturated heterocycles. The average molecular weight is 595 g/mol. The molecule has 3 heterocycles. The Hall–Kier alpha value is -0.560. The summed E-state index contributed by atoms with van der Waals surface area (Å²) in [6.07, 6.45) is -10.9. The summed E-state index contributed by atoms with van der Waals surface area (Å²) in [6, 6.07) is 0. The van der Waals surface area contributed by atoms with E-state index in [1.807, 2.05) is 0 Å². The van der Waals surface area contributed by atoms with Gasteiger partial charge in [0.1, 0.15) is 48.8 Å². The summed E-state index contributed by atoms with van der Waals surface area (Å²) in [7, 11) is 0. The van der Waals surface area contributed by atoms with Gasteiger partial charge in [-0.3, -0.25) is 0 Å². The van der Waals surface area contributed by atoms with Gasteiger partial charge in [-0.2, -0.15) is 0 Å². The summed E-state index contributed by atoms with van der Waals surface area (Å²) in [5.74, 6) is 0.165. The Kier molecular flexibility index (Phi) is 10.6. The van der Waals surface area contributed by atoms with Crippen molar-refractivity contribution in [3.63, 3.8) is 0 Å². The lowest BCUT2D eigenvalue weighted by Crippen LogP contribution is -2.62. The van der Waals surface area contributed by atoms with Crippen LogP contribution in [0.2, 0.25) is 0 Å². The molecule has 0 radical (unpaired) electrons. The number of aliphatic hydroxyl groups is 9. The molecule has 0 aromatic carbocycles. The first-order chi connectivity index (χ1) is 19.6. The van der Waals surface area contributed by atoms with E-state index in [1.54, 1.807) is 0 Å². The molecule has 14 heteroatoms. The highest BCUT2D eigenvalue weighted by molar-refractivity contribution is 4.97. The van der Waals surface area contributed by atoms with Gasteiger partial charge < -0.3 is 69.6 Å². The third-order valence-corrected chi connectivity index (χ3v) is 9.68. The van der Waals surface area contributed by atoms with Crippen molar-refractivity contribution in [3.05, 3.63) is 0 Å². The van der Waals surface area contributed by atoms with Gasteiger partial charge in [-0.1, -0.05) is 0 Å². The van der Waals surface area contributed by atoms with Gasteiger partial charge >= 0.3 is 0 Å². The fourth-order valence-corrected chi connectivity index (χ4v) is 7.19. The van der Waals surface area contributed by atoms with Crippen LogP contribution in [0, 0.1) is 11.8 Å². The zero-order valence-corrected chi connectivity index (χ0v) is 23.0. The molecule has 14 nitrogen and oxygen atoms in total. The van der Waals surface area contributed by atoms with Crippen molar-refractivity contribution in [2.45, 2.75) is 143 Å². The van der Waals surface area contributed by atoms with Crippen LogP contribution in [0.4, 0.5) is 0 Å². The Labute approximate surface area is 238 Å². The molecular weight excluding hydrogens is 548 g/mol. The van der Waals surface area contributed by atoms with Gasteiger partial charge in [0.25, 0.3) is 0 Å². The second-order valence-corrected chi connectivity index (χ2v) is 12.3. The van der Waals surface area contributed by atoms with Crippen molar-refractivity contribution in [2.24, 2.45) is 11.8 Å². The predicted molar refractivity (Wildman–Crippen MR) is 136 cm³/mol. The largest absolute Gasteiger partial charge is 0.394 e. The van der Waals surface area contributed by atoms with E-state index < -0.39 is 86.8 Å². The van der Waals surface area contributed by atoms with E-state index >= 15 is 0 Å². The highest BCUT2D eigenvalue weighted by Crippen LogP contribution is 2.44. The first kappa shape index (κ1) is 31.9. The van der Waals surface area contributed by atoms with Gasteiger partial charge in [0, 0.05) is 18.8 Å². The van der Waals surface area contributed by atoms with E-state index in [4.69, 9.17) is 23.7 Å². The van der Waals surface area contributed by atoms with Crippen LogP contribution in [0.1, 0.15) is 51.4 Å². The van der Waals surface area contributed by atoms with E-state index in [-0.39, 0.29) is 30.7 Å². The molecule has 5 rings (SSSR count). The lowest BCUT2D eigenvalue weighted by atomic mass is 9.74. The summed E-state index contributed by atoms with van der Waals surface area (Å²) >= 11 is 0. The van der Waals surface area contributed by atoms with Crippen molar-refractivity contribution in [1.82, 2.24) is 0 Å². The Balaban J connectivity index is 1.32. The Morgan fingerprint density at radius 3 is 1.66 bits per heavy atom. The lowest BCUT2D eigenvalue weighted by Gasteiger charge is -2.50. The molecule has 0 aromatic heterocycles. The molecule has 5 aliphatic rings. The molecule has 0 spiro atoms. The maximum Gasteiger partial charge on any atom is 0.186 e. The minimum absolute atomic E-state index is 0.0253. The molecule has 5 unspecified atom stereocenters. The van der Waals surface area contributed by atoms with Gasteiger partial charge in [-0.25, -0.2) is 0 Å². The number of hydrogen-bond donors (Lipinski definition) is 9. The molecule has 15 atom stereocenters. The molecule has 0 bridgehead atoms. The topological polar surface area (TPSA) is 228 Å². The monoisotopic (exact) mass is 594 g/mol. The quantitative estimate of drug-likeness (QED) is 0.142. The lowest BCUT2D eigenvalue weighted by molar-refractivity contribution is -0.338. The van der Waals surface area contributed by atoms with Crippen LogP contribution in [0.15, 0.2) is 0 Å². The summed E-state index contributed by atoms with van der Waals surface area (Å²) in [5.41, 5.74) is 0. The second kappa shape index (κ2) is 13.6. The number of hydrogen-bond acceptors (Lipinski definition) is 14. The molecule has 41 heavy (non-hydrogen) atoms. The van der Waals surface area contributed by atoms with Gasteiger partial charge in [0.05, 0.1) is 43.7 Å². The van der Waals surface area contributed by atoms with E-state index in [9.17, 15) is 46.0 Å². The molecule has 2 aliphatic carbocycles. The average Bonchev–Trinajstić information content (AvgIpc) is 2.97. The number of fused-ring (bicyclic) bond motifs is 1. The third kappa shape index (κ3) is 6.76. The summed E-state index contributed by atoms with van der Waals surface area (Å²) < 4.78 is 30.1. The van der Waals surface area contributed by atoms with Crippen LogP contribution in [0.5, 0.6) is 0 Å². The standard InChI is InChI=1S/C27H46O14/c28-9-18-20(31)22(33)24(35)26(40-18)37-13-7-16-14(5-6-15(38-16)11-1-3-12(30)4-2-11)17(8-13)39-27-25(36)23(34)21(32)19(10-29)41-27/h11-36H,1-10H2/t11?,12?,13?,14?,15?,16?,17?,18-,19-,20-,21-,22-,23-,24-,25-,26-,27-/m0/s1. The molecule has 9 N–H and O–H groups in total. The first-order valence-corrected chi connectivity index (χ1v) is 14.9. The van der Waals surface area contributed by atoms with Crippen LogP contribution >= 0.6 is 0 Å². The zero-order valence-electron chi connectivity index (χ0n) is 23.0. The zero-order chi connectivity index (χ0) is 29.4. The van der Waals surface area contributed by atoms with Crippen LogP contribution in [0.25, 0.3) is 0 Å². The van der Waals surface area contributed by atoms with Crippen LogP contribution in [-0.2, 0) is 23.7 Å². The van der Waals surface area contributed by atoms with E-state index in [1.165, 1.54) is 0 Å². The third-order valence-electron chi connectivity index (χ3n) is 9.68. The Morgan fingerprint density at radius 1 is 0.537 bits per heavy atom. The van der Waals surface area contributed by atoms with Gasteiger partial charge in [0.15, 0.2) is 12.6 Å². The minimum atomic E-state index is -1.60. The predicted octanol–water partition coefficient (Wildman–Crippen LogP) is -3.13. The van der Waals surface area contributed by atoms with Crippen molar-refractivity contribution in [1.29, 1.82) is 0 Å². The fourth-order valence-electron chi connectivity index (χ4n) is 7.19. The highest BCUT2D eigenvalue weighted by atomic mass is 16.7. The minimum Gasteiger partial charge on any atom is -0.394 e. The Bertz CT molecular complexity index is 824. The van der Waals surface area contributed by atoms with E-state index in [2.05, 4.69) is 0 Å². The normalized spacial score (nSPS) is 53.0. The van der Waals surface area contributed by atoms with E-state index in [0.717, 1.165) is 38.5 Å². The molecular formula is C27H46O14. The molecule has 238 valence electrons. The molecule has 0 amide bonds. The molecule has 0 aromatic rings. The maximum absolute atomic E-state index is 10.6. The fraction of sp³-hybridized carbons (Fsp3) is 1.00. The van der Waals surface area contributed by atoms with Crippen molar-refractivity contribution in [3.8, 4) is 0 Å². The summed E-state index contributed by atoms with van der Waals surface area (Å²) in [6.45, 7) is -1.19. The van der Waals surface area contributed by atoms with Gasteiger partial charge in [-0.15, -0.1) is 0 Å². The van der Waals surface area contributed by atoms with Crippen molar-refractivity contribution in [2.75, 3.05) is 13.2 Å². The molecule has 5 fully saturated rings. The Morgan fingerprint density at radius 2 is 1.10 bits per heavy atom. The second-order valence-electron chi connectivity index (χ2n) is 12.3. The van der Waals surface area contributed by atoms with Gasteiger partial charge in [-0.05, 0) is 44.4 Å². The smallest absolute Gasteiger partial charge is 0.186 e. The molecule has 2 saturated carbocycles. The highest BCUT2D eigenvalue weighted by Gasteiger charge is 2.51. The number of ether oxygens (including phenoxy) is 5. The summed E-state index contributed by atoms with van der Waals surface area (Å²) in [4.78, 5) is 0. The number of aliphatic hydroxyl groups excluding tert-OH is 9. The summed E-state index contributed by atoms with van der Waals surface area (Å²) in [5, 5.41) is 91.0. The molecule has 3 aliphatic heterocycles. The number of rotatable bonds is 7. The van der Waals surface area contributed by atoms with Crippen LogP contribution < -0.4 is 0 Å². The van der Waals surface area contributed by atoms with Crippen LogP contribution in [0.3, 0.4) is 0 Å². The maximum atomic E-state index is 10.6.